The van der Waals surface area contributed by atoms with Gasteiger partial charge in [-0.05, 0) is 55.8 Å². The SMILES string of the molecule is CN(C(=O)CCCl)C1C2CC3CC(C2)CC1C3. The number of alkyl halides is 1. The molecule has 1 amide bonds. The van der Waals surface area contributed by atoms with Crippen molar-refractivity contribution in [2.75, 3.05) is 12.9 Å². The van der Waals surface area contributed by atoms with Gasteiger partial charge in [-0.2, -0.15) is 0 Å². The summed E-state index contributed by atoms with van der Waals surface area (Å²) < 4.78 is 0. The first-order valence-corrected chi connectivity index (χ1v) is 7.54. The molecule has 4 bridgehead atoms. The highest BCUT2D eigenvalue weighted by molar-refractivity contribution is 6.18. The molecule has 2 nitrogen and oxygen atoms in total. The summed E-state index contributed by atoms with van der Waals surface area (Å²) in [4.78, 5) is 14.0. The molecule has 0 aromatic rings. The second-order valence-electron chi connectivity index (χ2n) is 6.36. The fourth-order valence-corrected chi connectivity index (χ4v) is 5.11. The quantitative estimate of drug-likeness (QED) is 0.710. The first kappa shape index (κ1) is 11.8. The van der Waals surface area contributed by atoms with Crippen LogP contribution in [0.4, 0.5) is 0 Å². The van der Waals surface area contributed by atoms with E-state index in [1.54, 1.807) is 0 Å². The predicted octanol–water partition coefficient (Wildman–Crippen LogP) is 2.90. The Morgan fingerprint density at radius 2 is 1.65 bits per heavy atom. The molecule has 0 heterocycles. The molecule has 0 unspecified atom stereocenters. The summed E-state index contributed by atoms with van der Waals surface area (Å²) in [6.45, 7) is 0. The fraction of sp³-hybridized carbons (Fsp3) is 0.929. The molecule has 4 aliphatic rings. The van der Waals surface area contributed by atoms with Crippen molar-refractivity contribution >= 4 is 17.5 Å². The van der Waals surface area contributed by atoms with E-state index in [2.05, 4.69) is 0 Å². The summed E-state index contributed by atoms with van der Waals surface area (Å²) in [5, 5.41) is 0. The molecule has 0 aromatic carbocycles. The van der Waals surface area contributed by atoms with Gasteiger partial charge in [-0.15, -0.1) is 11.6 Å². The van der Waals surface area contributed by atoms with Crippen LogP contribution in [-0.2, 0) is 4.79 Å². The Bertz CT molecular complexity index is 289. The highest BCUT2D eigenvalue weighted by Gasteiger charge is 2.50. The minimum absolute atomic E-state index is 0.248. The van der Waals surface area contributed by atoms with Crippen molar-refractivity contribution in [3.8, 4) is 0 Å². The van der Waals surface area contributed by atoms with Crippen molar-refractivity contribution < 1.29 is 4.79 Å². The average Bonchev–Trinajstić information content (AvgIpc) is 2.27. The molecule has 0 spiro atoms. The molecule has 4 saturated carbocycles. The van der Waals surface area contributed by atoms with Crippen LogP contribution in [0.3, 0.4) is 0 Å². The average molecular weight is 256 g/mol. The van der Waals surface area contributed by atoms with Crippen LogP contribution in [-0.4, -0.2) is 29.8 Å². The third kappa shape index (κ3) is 1.99. The number of amides is 1. The lowest BCUT2D eigenvalue weighted by molar-refractivity contribution is -0.140. The third-order valence-corrected chi connectivity index (χ3v) is 5.51. The standard InChI is InChI=1S/C14H22ClNO/c1-16(13(17)2-3-15)14-11-5-9-4-10(7-11)8-12(14)6-9/h9-12,14H,2-8H2,1H3. The van der Waals surface area contributed by atoms with Gasteiger partial charge in [-0.25, -0.2) is 0 Å². The molecule has 0 atom stereocenters. The highest BCUT2D eigenvalue weighted by Crippen LogP contribution is 2.54. The molecule has 4 aliphatic carbocycles. The molecule has 0 N–H and O–H groups in total. The van der Waals surface area contributed by atoms with Crippen LogP contribution >= 0.6 is 11.6 Å². The van der Waals surface area contributed by atoms with Crippen LogP contribution in [0.2, 0.25) is 0 Å². The van der Waals surface area contributed by atoms with Gasteiger partial charge in [-0.3, -0.25) is 4.79 Å². The van der Waals surface area contributed by atoms with E-state index in [4.69, 9.17) is 11.6 Å². The Morgan fingerprint density at radius 1 is 1.12 bits per heavy atom. The van der Waals surface area contributed by atoms with Crippen LogP contribution in [0.1, 0.15) is 38.5 Å². The number of hydrogen-bond donors (Lipinski definition) is 0. The van der Waals surface area contributed by atoms with Crippen LogP contribution in [0.5, 0.6) is 0 Å². The molecular weight excluding hydrogens is 234 g/mol. The zero-order valence-electron chi connectivity index (χ0n) is 10.6. The van der Waals surface area contributed by atoms with E-state index < -0.39 is 0 Å². The van der Waals surface area contributed by atoms with Crippen LogP contribution in [0.25, 0.3) is 0 Å². The second-order valence-corrected chi connectivity index (χ2v) is 6.74. The first-order chi connectivity index (χ1) is 8.19. The topological polar surface area (TPSA) is 20.3 Å². The summed E-state index contributed by atoms with van der Waals surface area (Å²) >= 11 is 5.68. The zero-order valence-corrected chi connectivity index (χ0v) is 11.3. The van der Waals surface area contributed by atoms with E-state index in [1.165, 1.54) is 32.1 Å². The molecule has 17 heavy (non-hydrogen) atoms. The molecular formula is C14H22ClNO. The number of hydrogen-bond acceptors (Lipinski definition) is 1. The van der Waals surface area contributed by atoms with Gasteiger partial charge in [0.15, 0.2) is 0 Å². The summed E-state index contributed by atoms with van der Waals surface area (Å²) in [5.41, 5.74) is 0. The van der Waals surface area contributed by atoms with Crippen molar-refractivity contribution in [3.05, 3.63) is 0 Å². The lowest BCUT2D eigenvalue weighted by atomic mass is 9.54. The van der Waals surface area contributed by atoms with Gasteiger partial charge < -0.3 is 4.90 Å². The van der Waals surface area contributed by atoms with Crippen LogP contribution < -0.4 is 0 Å². The molecule has 4 rings (SSSR count). The number of carbonyl (C=O) groups is 1. The Hall–Kier alpha value is -0.240. The van der Waals surface area contributed by atoms with Crippen molar-refractivity contribution in [1.82, 2.24) is 4.90 Å². The summed E-state index contributed by atoms with van der Waals surface area (Å²) in [7, 11) is 2.00. The van der Waals surface area contributed by atoms with Gasteiger partial charge in [0.1, 0.15) is 0 Å². The number of halogens is 1. The molecule has 0 aliphatic heterocycles. The largest absolute Gasteiger partial charge is 0.342 e. The van der Waals surface area contributed by atoms with E-state index in [0.29, 0.717) is 18.3 Å². The van der Waals surface area contributed by atoms with E-state index in [-0.39, 0.29) is 5.91 Å². The summed E-state index contributed by atoms with van der Waals surface area (Å²) in [6.07, 6.45) is 7.46. The second kappa shape index (κ2) is 4.46. The maximum atomic E-state index is 12.0. The maximum Gasteiger partial charge on any atom is 0.223 e. The minimum atomic E-state index is 0.248. The lowest BCUT2D eigenvalue weighted by Gasteiger charge is -2.56. The lowest BCUT2D eigenvalue weighted by Crippen LogP contribution is -2.56. The Kier molecular flexibility index (Phi) is 3.10. The van der Waals surface area contributed by atoms with Gasteiger partial charge in [-0.1, -0.05) is 0 Å². The maximum absolute atomic E-state index is 12.0. The van der Waals surface area contributed by atoms with Crippen LogP contribution in [0.15, 0.2) is 0 Å². The van der Waals surface area contributed by atoms with Crippen molar-refractivity contribution in [2.45, 2.75) is 44.6 Å². The molecule has 3 heteroatoms. The van der Waals surface area contributed by atoms with Crippen LogP contribution in [0, 0.1) is 23.7 Å². The zero-order chi connectivity index (χ0) is 12.0. The normalized spacial score (nSPS) is 42.8. The van der Waals surface area contributed by atoms with E-state index in [1.807, 2.05) is 11.9 Å². The number of rotatable bonds is 3. The van der Waals surface area contributed by atoms with E-state index in [0.717, 1.165) is 23.7 Å². The van der Waals surface area contributed by atoms with Gasteiger partial charge in [0.25, 0.3) is 0 Å². The number of carbonyl (C=O) groups excluding carboxylic acids is 1. The molecule has 96 valence electrons. The van der Waals surface area contributed by atoms with Gasteiger partial charge in [0, 0.05) is 25.4 Å². The molecule has 4 fully saturated rings. The predicted molar refractivity (Wildman–Crippen MR) is 68.9 cm³/mol. The van der Waals surface area contributed by atoms with Crippen molar-refractivity contribution in [3.63, 3.8) is 0 Å². The Balaban J connectivity index is 1.73. The summed E-state index contributed by atoms with van der Waals surface area (Å²) in [5.74, 6) is 4.23. The van der Waals surface area contributed by atoms with Gasteiger partial charge >= 0.3 is 0 Å². The van der Waals surface area contributed by atoms with Gasteiger partial charge in [0.05, 0.1) is 0 Å². The molecule has 0 aromatic heterocycles. The van der Waals surface area contributed by atoms with Crippen molar-refractivity contribution in [1.29, 1.82) is 0 Å². The van der Waals surface area contributed by atoms with E-state index in [9.17, 15) is 4.79 Å². The monoisotopic (exact) mass is 255 g/mol. The van der Waals surface area contributed by atoms with E-state index >= 15 is 0 Å². The Labute approximate surface area is 109 Å². The molecule has 0 saturated heterocycles. The minimum Gasteiger partial charge on any atom is -0.342 e. The van der Waals surface area contributed by atoms with Gasteiger partial charge in [0.2, 0.25) is 5.91 Å². The summed E-state index contributed by atoms with van der Waals surface area (Å²) in [6, 6.07) is 0.526. The highest BCUT2D eigenvalue weighted by atomic mass is 35.5. The number of nitrogens with zero attached hydrogens (tertiary/aromatic N) is 1. The first-order valence-electron chi connectivity index (χ1n) is 7.00. The smallest absolute Gasteiger partial charge is 0.223 e. The Morgan fingerprint density at radius 3 is 2.12 bits per heavy atom. The van der Waals surface area contributed by atoms with Crippen molar-refractivity contribution in [2.24, 2.45) is 23.7 Å². The third-order valence-electron chi connectivity index (χ3n) is 5.33. The fourth-order valence-electron chi connectivity index (χ4n) is 4.95. The molecule has 0 radical (unpaired) electrons.